The molecule has 0 radical (unpaired) electrons. The van der Waals surface area contributed by atoms with Gasteiger partial charge in [-0.2, -0.15) is 0 Å². The zero-order valence-corrected chi connectivity index (χ0v) is 16.4. The van der Waals surface area contributed by atoms with Crippen LogP contribution in [0.25, 0.3) is 0 Å². The van der Waals surface area contributed by atoms with Crippen molar-refractivity contribution in [2.75, 3.05) is 4.72 Å². The Bertz CT molecular complexity index is 966. The third-order valence-corrected chi connectivity index (χ3v) is 5.34. The lowest BCUT2D eigenvalue weighted by Crippen LogP contribution is -2.35. The van der Waals surface area contributed by atoms with E-state index in [1.807, 2.05) is 20.8 Å². The summed E-state index contributed by atoms with van der Waals surface area (Å²) in [7, 11) is -3.94. The van der Waals surface area contributed by atoms with Crippen LogP contribution < -0.4 is 10.0 Å². The fourth-order valence-corrected chi connectivity index (χ4v) is 3.73. The lowest BCUT2D eigenvalue weighted by atomic mass is 10.1. The molecule has 0 saturated carbocycles. The smallest absolute Gasteiger partial charge is 0.338 e. The molecule has 2 aromatic carbocycles. The number of hydrogen-bond acceptors (Lipinski definition) is 4. The highest BCUT2D eigenvalue weighted by molar-refractivity contribution is 7.92. The Morgan fingerprint density at radius 2 is 1.81 bits per heavy atom. The SMILES string of the molecule is Cc1cc(CNC(C)(C)C)ccc1S(=O)(=O)Nc1ccc(C(=O)O)c(F)c1. The molecule has 6 nitrogen and oxygen atoms in total. The molecule has 0 aliphatic carbocycles. The normalized spacial score (nSPS) is 12.0. The molecule has 0 spiro atoms. The molecule has 8 heteroatoms. The number of benzene rings is 2. The number of carboxylic acid groups (broad SMARTS) is 1. The molecule has 0 aliphatic heterocycles. The van der Waals surface area contributed by atoms with Crippen LogP contribution in [-0.2, 0) is 16.6 Å². The summed E-state index contributed by atoms with van der Waals surface area (Å²) in [5.41, 5.74) is 0.864. The van der Waals surface area contributed by atoms with Gasteiger partial charge in [-0.1, -0.05) is 12.1 Å². The molecule has 27 heavy (non-hydrogen) atoms. The van der Waals surface area contributed by atoms with E-state index in [0.717, 1.165) is 17.7 Å². The minimum absolute atomic E-state index is 0.0459. The van der Waals surface area contributed by atoms with Crippen LogP contribution in [0.2, 0.25) is 0 Å². The minimum atomic E-state index is -3.94. The molecule has 0 heterocycles. The Morgan fingerprint density at radius 1 is 1.15 bits per heavy atom. The molecule has 0 aromatic heterocycles. The van der Waals surface area contributed by atoms with Crippen LogP contribution in [0.5, 0.6) is 0 Å². The third-order valence-electron chi connectivity index (χ3n) is 3.80. The molecule has 2 aromatic rings. The van der Waals surface area contributed by atoms with Crippen LogP contribution in [0, 0.1) is 12.7 Å². The lowest BCUT2D eigenvalue weighted by molar-refractivity contribution is 0.0692. The molecular formula is C19H23FN2O4S. The van der Waals surface area contributed by atoms with E-state index >= 15 is 0 Å². The van der Waals surface area contributed by atoms with Gasteiger partial charge in [-0.05, 0) is 63.1 Å². The number of carbonyl (C=O) groups is 1. The van der Waals surface area contributed by atoms with E-state index in [0.29, 0.717) is 12.1 Å². The third kappa shape index (κ3) is 5.51. The largest absolute Gasteiger partial charge is 0.478 e. The van der Waals surface area contributed by atoms with Crippen LogP contribution in [0.3, 0.4) is 0 Å². The summed E-state index contributed by atoms with van der Waals surface area (Å²) in [6.07, 6.45) is 0. The highest BCUT2D eigenvalue weighted by Gasteiger charge is 2.19. The van der Waals surface area contributed by atoms with Crippen molar-refractivity contribution in [3.63, 3.8) is 0 Å². The molecule has 0 atom stereocenters. The van der Waals surface area contributed by atoms with E-state index in [2.05, 4.69) is 10.0 Å². The van der Waals surface area contributed by atoms with Crippen molar-refractivity contribution >= 4 is 21.7 Å². The highest BCUT2D eigenvalue weighted by atomic mass is 32.2. The van der Waals surface area contributed by atoms with Crippen molar-refractivity contribution in [2.24, 2.45) is 0 Å². The number of hydrogen-bond donors (Lipinski definition) is 3. The van der Waals surface area contributed by atoms with Crippen LogP contribution >= 0.6 is 0 Å². The number of anilines is 1. The van der Waals surface area contributed by atoms with Gasteiger partial charge in [0.25, 0.3) is 10.0 Å². The predicted molar refractivity (Wildman–Crippen MR) is 102 cm³/mol. The zero-order chi connectivity index (χ0) is 20.4. The topological polar surface area (TPSA) is 95.5 Å². The van der Waals surface area contributed by atoms with E-state index in [4.69, 9.17) is 5.11 Å². The summed E-state index contributed by atoms with van der Waals surface area (Å²) < 4.78 is 41.3. The van der Waals surface area contributed by atoms with Crippen molar-refractivity contribution in [1.82, 2.24) is 5.32 Å². The number of nitrogens with one attached hydrogen (secondary N) is 2. The predicted octanol–water partition coefficient (Wildman–Crippen LogP) is 3.52. The molecule has 2 rings (SSSR count). The average Bonchev–Trinajstić information content (AvgIpc) is 2.51. The van der Waals surface area contributed by atoms with Crippen molar-refractivity contribution in [1.29, 1.82) is 0 Å². The Balaban J connectivity index is 2.24. The maximum atomic E-state index is 13.8. The summed E-state index contributed by atoms with van der Waals surface area (Å²) in [6, 6.07) is 8.07. The number of aromatic carboxylic acids is 1. The van der Waals surface area contributed by atoms with E-state index < -0.39 is 27.4 Å². The van der Waals surface area contributed by atoms with Crippen molar-refractivity contribution in [3.8, 4) is 0 Å². The summed E-state index contributed by atoms with van der Waals surface area (Å²) in [6.45, 7) is 8.40. The van der Waals surface area contributed by atoms with Gasteiger partial charge in [-0.25, -0.2) is 17.6 Å². The van der Waals surface area contributed by atoms with Crippen LogP contribution in [-0.4, -0.2) is 25.0 Å². The number of sulfonamides is 1. The van der Waals surface area contributed by atoms with Gasteiger partial charge in [0.2, 0.25) is 0 Å². The first-order valence-electron chi connectivity index (χ1n) is 8.29. The van der Waals surface area contributed by atoms with Gasteiger partial charge in [0, 0.05) is 12.1 Å². The standard InChI is InChI=1S/C19H23FN2O4S/c1-12-9-13(11-21-19(2,3)4)5-8-17(12)27(25,26)22-14-6-7-15(18(23)24)16(20)10-14/h5-10,21-22H,11H2,1-4H3,(H,23,24). The van der Waals surface area contributed by atoms with E-state index in [9.17, 15) is 17.6 Å². The Morgan fingerprint density at radius 3 is 2.33 bits per heavy atom. The second-order valence-electron chi connectivity index (χ2n) is 7.31. The van der Waals surface area contributed by atoms with Crippen molar-refractivity contribution in [2.45, 2.75) is 44.7 Å². The minimum Gasteiger partial charge on any atom is -0.478 e. The highest BCUT2D eigenvalue weighted by Crippen LogP contribution is 2.22. The first kappa shape index (κ1) is 20.9. The van der Waals surface area contributed by atoms with Crippen LogP contribution in [0.4, 0.5) is 10.1 Å². The molecular weight excluding hydrogens is 371 g/mol. The average molecular weight is 394 g/mol. The Hall–Kier alpha value is -2.45. The molecule has 0 saturated heterocycles. The van der Waals surface area contributed by atoms with Gasteiger partial charge in [0.1, 0.15) is 5.82 Å². The second kappa shape index (κ2) is 7.66. The Kier molecular flexibility index (Phi) is 5.91. The Labute approximate surface area is 158 Å². The molecule has 0 fully saturated rings. The molecule has 0 bridgehead atoms. The van der Waals surface area contributed by atoms with Crippen molar-refractivity contribution in [3.05, 3.63) is 58.9 Å². The van der Waals surface area contributed by atoms with E-state index in [1.165, 1.54) is 12.1 Å². The number of aryl methyl sites for hydroxylation is 1. The van der Waals surface area contributed by atoms with Crippen LogP contribution in [0.1, 0.15) is 42.3 Å². The van der Waals surface area contributed by atoms with Gasteiger partial charge in [-0.3, -0.25) is 4.72 Å². The number of carboxylic acids is 1. The second-order valence-corrected chi connectivity index (χ2v) is 8.96. The molecule has 3 N–H and O–H groups in total. The first-order chi connectivity index (χ1) is 12.4. The monoisotopic (exact) mass is 394 g/mol. The quantitative estimate of drug-likeness (QED) is 0.697. The molecule has 0 unspecified atom stereocenters. The van der Waals surface area contributed by atoms with E-state index in [1.54, 1.807) is 19.1 Å². The number of rotatable bonds is 6. The fraction of sp³-hybridized carbons (Fsp3) is 0.316. The fourth-order valence-electron chi connectivity index (χ4n) is 2.45. The molecule has 0 amide bonds. The van der Waals surface area contributed by atoms with Gasteiger partial charge in [0.15, 0.2) is 0 Å². The maximum Gasteiger partial charge on any atom is 0.338 e. The van der Waals surface area contributed by atoms with E-state index in [-0.39, 0.29) is 16.1 Å². The maximum absolute atomic E-state index is 13.8. The van der Waals surface area contributed by atoms with Gasteiger partial charge in [0.05, 0.1) is 16.1 Å². The summed E-state index contributed by atoms with van der Waals surface area (Å²) >= 11 is 0. The summed E-state index contributed by atoms with van der Waals surface area (Å²) in [5.74, 6) is -2.43. The van der Waals surface area contributed by atoms with Crippen molar-refractivity contribution < 1.29 is 22.7 Å². The van der Waals surface area contributed by atoms with Crippen LogP contribution in [0.15, 0.2) is 41.3 Å². The molecule has 146 valence electrons. The number of halogens is 1. The van der Waals surface area contributed by atoms with Gasteiger partial charge >= 0.3 is 5.97 Å². The zero-order valence-electron chi connectivity index (χ0n) is 15.6. The van der Waals surface area contributed by atoms with Gasteiger partial charge < -0.3 is 10.4 Å². The molecule has 0 aliphatic rings. The summed E-state index contributed by atoms with van der Waals surface area (Å²) in [5, 5.41) is 12.2. The first-order valence-corrected chi connectivity index (χ1v) is 9.77. The lowest BCUT2D eigenvalue weighted by Gasteiger charge is -2.21. The summed E-state index contributed by atoms with van der Waals surface area (Å²) in [4.78, 5) is 10.9. The van der Waals surface area contributed by atoms with Gasteiger partial charge in [-0.15, -0.1) is 0 Å².